The van der Waals surface area contributed by atoms with Crippen LogP contribution in [0.25, 0.3) is 0 Å². The summed E-state index contributed by atoms with van der Waals surface area (Å²) in [5.74, 6) is 0.485. The molecule has 0 aromatic heterocycles. The van der Waals surface area contributed by atoms with Crippen molar-refractivity contribution in [3.8, 4) is 0 Å². The minimum Gasteiger partial charge on any atom is -0.466 e. The Morgan fingerprint density at radius 1 is 1.25 bits per heavy atom. The van der Waals surface area contributed by atoms with E-state index in [0.29, 0.717) is 31.8 Å². The van der Waals surface area contributed by atoms with Gasteiger partial charge in [-0.3, -0.25) is 4.79 Å². The van der Waals surface area contributed by atoms with Crippen LogP contribution < -0.4 is 0 Å². The zero-order chi connectivity index (χ0) is 14.8. The second-order valence-electron chi connectivity index (χ2n) is 5.28. The predicted molar refractivity (Wildman–Crippen MR) is 78.1 cm³/mol. The molecule has 0 aromatic rings. The summed E-state index contributed by atoms with van der Waals surface area (Å²) < 4.78 is 4.81. The van der Waals surface area contributed by atoms with Crippen molar-refractivity contribution in [1.82, 2.24) is 0 Å². The highest BCUT2D eigenvalue weighted by Gasteiger charge is 2.23. The maximum atomic E-state index is 11.1. The largest absolute Gasteiger partial charge is 0.466 e. The SMILES string of the molecule is CCOC(=O)CCC[C@H](O)/C=C/C=C/[C@H](O)CC1CC1. The van der Waals surface area contributed by atoms with Gasteiger partial charge in [-0.2, -0.15) is 0 Å². The van der Waals surface area contributed by atoms with Gasteiger partial charge in [-0.1, -0.05) is 37.1 Å². The fourth-order valence-corrected chi connectivity index (χ4v) is 1.94. The first-order valence-corrected chi connectivity index (χ1v) is 7.48. The van der Waals surface area contributed by atoms with Crippen LogP contribution in [0.3, 0.4) is 0 Å². The first-order chi connectivity index (χ1) is 9.61. The van der Waals surface area contributed by atoms with Crippen molar-refractivity contribution in [2.45, 2.75) is 57.7 Å². The lowest BCUT2D eigenvalue weighted by atomic mass is 10.1. The zero-order valence-electron chi connectivity index (χ0n) is 12.2. The maximum Gasteiger partial charge on any atom is 0.305 e. The third-order valence-electron chi connectivity index (χ3n) is 3.24. The summed E-state index contributed by atoms with van der Waals surface area (Å²) in [7, 11) is 0. The van der Waals surface area contributed by atoms with Gasteiger partial charge in [0.1, 0.15) is 0 Å². The van der Waals surface area contributed by atoms with Gasteiger partial charge < -0.3 is 14.9 Å². The van der Waals surface area contributed by atoms with Gasteiger partial charge in [-0.25, -0.2) is 0 Å². The monoisotopic (exact) mass is 282 g/mol. The lowest BCUT2D eigenvalue weighted by molar-refractivity contribution is -0.143. The van der Waals surface area contributed by atoms with Gasteiger partial charge in [0.15, 0.2) is 0 Å². The van der Waals surface area contributed by atoms with Crippen LogP contribution in [0.2, 0.25) is 0 Å². The van der Waals surface area contributed by atoms with Crippen molar-refractivity contribution >= 4 is 5.97 Å². The first-order valence-electron chi connectivity index (χ1n) is 7.48. The molecule has 114 valence electrons. The molecule has 2 atom stereocenters. The molecule has 0 spiro atoms. The summed E-state index contributed by atoms with van der Waals surface area (Å²) >= 11 is 0. The van der Waals surface area contributed by atoms with Gasteiger partial charge in [0.05, 0.1) is 18.8 Å². The van der Waals surface area contributed by atoms with Crippen molar-refractivity contribution < 1.29 is 19.7 Å². The molecule has 1 aliphatic carbocycles. The third kappa shape index (κ3) is 8.88. The van der Waals surface area contributed by atoms with Crippen LogP contribution in [-0.2, 0) is 9.53 Å². The Hall–Kier alpha value is -1.13. The number of rotatable bonds is 10. The van der Waals surface area contributed by atoms with E-state index in [1.807, 2.05) is 0 Å². The molecule has 1 fully saturated rings. The molecule has 0 bridgehead atoms. The Kier molecular flexibility index (Phi) is 8.23. The normalized spacial score (nSPS) is 18.6. The lowest BCUT2D eigenvalue weighted by Gasteiger charge is -2.05. The first kappa shape index (κ1) is 16.9. The van der Waals surface area contributed by atoms with Crippen LogP contribution in [0, 0.1) is 5.92 Å². The number of aliphatic hydroxyl groups is 2. The second-order valence-corrected chi connectivity index (χ2v) is 5.28. The van der Waals surface area contributed by atoms with Crippen LogP contribution in [0.5, 0.6) is 0 Å². The van der Waals surface area contributed by atoms with E-state index in [4.69, 9.17) is 4.74 Å². The van der Waals surface area contributed by atoms with Crippen molar-refractivity contribution in [3.05, 3.63) is 24.3 Å². The molecule has 2 N–H and O–H groups in total. The molecule has 0 unspecified atom stereocenters. The van der Waals surface area contributed by atoms with Crippen LogP contribution in [0.4, 0.5) is 0 Å². The van der Waals surface area contributed by atoms with Crippen molar-refractivity contribution in [2.24, 2.45) is 5.92 Å². The highest BCUT2D eigenvalue weighted by atomic mass is 16.5. The van der Waals surface area contributed by atoms with E-state index in [1.165, 1.54) is 12.8 Å². The number of esters is 1. The summed E-state index contributed by atoms with van der Waals surface area (Å²) in [5.41, 5.74) is 0. The fraction of sp³-hybridized carbons (Fsp3) is 0.688. The van der Waals surface area contributed by atoms with Crippen LogP contribution in [0.1, 0.15) is 45.4 Å². The lowest BCUT2D eigenvalue weighted by Crippen LogP contribution is -2.07. The molecular formula is C16H26O4. The molecule has 4 nitrogen and oxygen atoms in total. The Morgan fingerprint density at radius 2 is 1.90 bits per heavy atom. The summed E-state index contributed by atoms with van der Waals surface area (Å²) in [4.78, 5) is 11.1. The molecule has 0 aromatic carbocycles. The van der Waals surface area contributed by atoms with Gasteiger partial charge in [0, 0.05) is 6.42 Å². The molecule has 1 aliphatic rings. The zero-order valence-corrected chi connectivity index (χ0v) is 12.2. The van der Waals surface area contributed by atoms with Gasteiger partial charge in [-0.15, -0.1) is 0 Å². The minimum atomic E-state index is -0.561. The summed E-state index contributed by atoms with van der Waals surface area (Å²) in [6.45, 7) is 2.18. The van der Waals surface area contributed by atoms with E-state index in [1.54, 1.807) is 31.2 Å². The van der Waals surface area contributed by atoms with E-state index in [-0.39, 0.29) is 12.1 Å². The third-order valence-corrected chi connectivity index (χ3v) is 3.24. The summed E-state index contributed by atoms with van der Waals surface area (Å²) in [5, 5.41) is 19.3. The van der Waals surface area contributed by atoms with Crippen molar-refractivity contribution in [1.29, 1.82) is 0 Å². The standard InChI is InChI=1S/C16H26O4/c1-2-20-16(19)9-5-8-14(17)6-3-4-7-15(18)12-13-10-11-13/h3-4,6-7,13-15,17-18H,2,5,8-12H2,1H3/b6-3+,7-4+/t14-,15+/m1/s1. The van der Waals surface area contributed by atoms with Crippen LogP contribution in [-0.4, -0.2) is 35.0 Å². The van der Waals surface area contributed by atoms with E-state index in [0.717, 1.165) is 6.42 Å². The van der Waals surface area contributed by atoms with Gasteiger partial charge >= 0.3 is 5.97 Å². The molecule has 1 rings (SSSR count). The predicted octanol–water partition coefficient (Wildman–Crippen LogP) is 2.35. The van der Waals surface area contributed by atoms with E-state index in [2.05, 4.69) is 0 Å². The average Bonchev–Trinajstić information content (AvgIpc) is 3.19. The molecular weight excluding hydrogens is 256 g/mol. The summed E-state index contributed by atoms with van der Waals surface area (Å²) in [6.07, 6.45) is 10.8. The number of ether oxygens (including phenoxy) is 1. The van der Waals surface area contributed by atoms with Gasteiger partial charge in [0.2, 0.25) is 0 Å². The number of aliphatic hydroxyl groups excluding tert-OH is 2. The van der Waals surface area contributed by atoms with Crippen molar-refractivity contribution in [2.75, 3.05) is 6.61 Å². The minimum absolute atomic E-state index is 0.216. The van der Waals surface area contributed by atoms with Gasteiger partial charge in [0.25, 0.3) is 0 Å². The highest BCUT2D eigenvalue weighted by molar-refractivity contribution is 5.69. The molecule has 0 radical (unpaired) electrons. The molecule has 20 heavy (non-hydrogen) atoms. The maximum absolute atomic E-state index is 11.1. The molecule has 0 amide bonds. The van der Waals surface area contributed by atoms with E-state index < -0.39 is 6.10 Å². The topological polar surface area (TPSA) is 66.8 Å². The Morgan fingerprint density at radius 3 is 2.50 bits per heavy atom. The number of hydrogen-bond acceptors (Lipinski definition) is 4. The Balaban J connectivity index is 2.07. The smallest absolute Gasteiger partial charge is 0.305 e. The van der Waals surface area contributed by atoms with Gasteiger partial charge in [-0.05, 0) is 32.1 Å². The summed E-state index contributed by atoms with van der Waals surface area (Å²) in [6, 6.07) is 0. The van der Waals surface area contributed by atoms with Crippen LogP contribution >= 0.6 is 0 Å². The average molecular weight is 282 g/mol. The Labute approximate surface area is 121 Å². The molecule has 4 heteroatoms. The molecule has 0 saturated heterocycles. The van der Waals surface area contributed by atoms with E-state index >= 15 is 0 Å². The number of carbonyl (C=O) groups excluding carboxylic acids is 1. The fourth-order valence-electron chi connectivity index (χ4n) is 1.94. The number of carbonyl (C=O) groups is 1. The van der Waals surface area contributed by atoms with E-state index in [9.17, 15) is 15.0 Å². The van der Waals surface area contributed by atoms with Crippen LogP contribution in [0.15, 0.2) is 24.3 Å². The highest BCUT2D eigenvalue weighted by Crippen LogP contribution is 2.33. The second kappa shape index (κ2) is 9.72. The van der Waals surface area contributed by atoms with Crippen molar-refractivity contribution in [3.63, 3.8) is 0 Å². The molecule has 0 heterocycles. The number of allylic oxidation sites excluding steroid dienone is 2. The Bertz CT molecular complexity index is 331. The molecule has 0 aliphatic heterocycles. The number of hydrogen-bond donors (Lipinski definition) is 2. The quantitative estimate of drug-likeness (QED) is 0.477. The molecule has 1 saturated carbocycles.